The van der Waals surface area contributed by atoms with E-state index in [2.05, 4.69) is 0 Å². The fourth-order valence-corrected chi connectivity index (χ4v) is 4.36. The number of benzene rings is 2. The van der Waals surface area contributed by atoms with Crippen molar-refractivity contribution in [3.05, 3.63) is 51.5 Å². The number of aliphatic hydroxyl groups is 1. The van der Waals surface area contributed by atoms with Crippen molar-refractivity contribution in [3.63, 3.8) is 0 Å². The van der Waals surface area contributed by atoms with Crippen LogP contribution in [0.3, 0.4) is 0 Å². The molecule has 8 heteroatoms. The third-order valence-corrected chi connectivity index (χ3v) is 6.41. The lowest BCUT2D eigenvalue weighted by molar-refractivity contribution is 0.0778. The summed E-state index contributed by atoms with van der Waals surface area (Å²) in [7, 11) is 4.54. The Morgan fingerprint density at radius 1 is 1.07 bits per heavy atom. The fourth-order valence-electron chi connectivity index (χ4n) is 4.06. The Bertz CT molecular complexity index is 911. The highest BCUT2D eigenvalue weighted by atomic mass is 35.5. The first-order valence-electron chi connectivity index (χ1n) is 9.54. The maximum Gasteiger partial charge on any atom is 0.254 e. The second kappa shape index (κ2) is 9.33. The van der Waals surface area contributed by atoms with E-state index in [1.807, 2.05) is 12.1 Å². The van der Waals surface area contributed by atoms with E-state index in [4.69, 9.17) is 37.4 Å². The minimum absolute atomic E-state index is 0.00641. The van der Waals surface area contributed by atoms with Crippen LogP contribution in [0.2, 0.25) is 10.0 Å². The lowest BCUT2D eigenvalue weighted by Crippen LogP contribution is -2.35. The van der Waals surface area contributed by atoms with Gasteiger partial charge < -0.3 is 24.2 Å². The number of hydrogen-bond donors (Lipinski definition) is 1. The Balaban J connectivity index is 1.92. The average Bonchev–Trinajstić information content (AvgIpc) is 3.19. The van der Waals surface area contributed by atoms with Gasteiger partial charge >= 0.3 is 0 Å². The fraction of sp³-hybridized carbons (Fsp3) is 0.409. The van der Waals surface area contributed by atoms with Crippen molar-refractivity contribution in [3.8, 4) is 17.2 Å². The molecule has 162 valence electrons. The van der Waals surface area contributed by atoms with Crippen molar-refractivity contribution < 1.29 is 24.1 Å². The van der Waals surface area contributed by atoms with E-state index in [1.54, 1.807) is 23.1 Å². The molecule has 3 rings (SSSR count). The smallest absolute Gasteiger partial charge is 0.254 e. The van der Waals surface area contributed by atoms with Gasteiger partial charge in [0, 0.05) is 30.7 Å². The number of amides is 1. The SMILES string of the molecule is COc1cc(C(=O)N2CC[C@](CCO)(c3ccc(Cl)c(Cl)c3)C2)cc(OC)c1OC. The molecular weight excluding hydrogens is 429 g/mol. The van der Waals surface area contributed by atoms with Gasteiger partial charge in [-0.3, -0.25) is 4.79 Å². The third-order valence-electron chi connectivity index (χ3n) is 5.68. The predicted octanol–water partition coefficient (Wildman–Crippen LogP) is 4.19. The van der Waals surface area contributed by atoms with Gasteiger partial charge in [0.15, 0.2) is 11.5 Å². The number of likely N-dealkylation sites (tertiary alicyclic amines) is 1. The van der Waals surface area contributed by atoms with Gasteiger partial charge in [-0.15, -0.1) is 0 Å². The van der Waals surface area contributed by atoms with Crippen molar-refractivity contribution in [2.75, 3.05) is 41.0 Å². The Hall–Kier alpha value is -2.15. The summed E-state index contributed by atoms with van der Waals surface area (Å²) >= 11 is 12.3. The number of aliphatic hydroxyl groups excluding tert-OH is 1. The lowest BCUT2D eigenvalue weighted by Gasteiger charge is -2.30. The van der Waals surface area contributed by atoms with E-state index in [1.165, 1.54) is 21.3 Å². The molecule has 1 heterocycles. The summed E-state index contributed by atoms with van der Waals surface area (Å²) in [5, 5.41) is 10.6. The van der Waals surface area contributed by atoms with Crippen LogP contribution in [-0.4, -0.2) is 56.9 Å². The van der Waals surface area contributed by atoms with Crippen molar-refractivity contribution in [1.29, 1.82) is 0 Å². The van der Waals surface area contributed by atoms with Crippen molar-refractivity contribution >= 4 is 29.1 Å². The zero-order valence-corrected chi connectivity index (χ0v) is 18.7. The van der Waals surface area contributed by atoms with Crippen LogP contribution in [0.15, 0.2) is 30.3 Å². The van der Waals surface area contributed by atoms with Crippen LogP contribution < -0.4 is 14.2 Å². The maximum absolute atomic E-state index is 13.3. The van der Waals surface area contributed by atoms with Crippen LogP contribution in [0.4, 0.5) is 0 Å². The molecule has 0 bridgehead atoms. The molecule has 0 aromatic heterocycles. The maximum atomic E-state index is 13.3. The molecule has 0 spiro atoms. The van der Waals surface area contributed by atoms with Gasteiger partial charge in [-0.1, -0.05) is 29.3 Å². The number of hydrogen-bond acceptors (Lipinski definition) is 5. The Morgan fingerprint density at radius 2 is 1.73 bits per heavy atom. The molecule has 0 radical (unpaired) electrons. The van der Waals surface area contributed by atoms with E-state index in [0.717, 1.165) is 5.56 Å². The molecule has 30 heavy (non-hydrogen) atoms. The largest absolute Gasteiger partial charge is 0.493 e. The van der Waals surface area contributed by atoms with Crippen molar-refractivity contribution in [1.82, 2.24) is 4.90 Å². The zero-order chi connectivity index (χ0) is 21.9. The molecule has 2 aromatic carbocycles. The first kappa shape index (κ1) is 22.5. The van der Waals surface area contributed by atoms with Gasteiger partial charge in [0.1, 0.15) is 0 Å². The van der Waals surface area contributed by atoms with E-state index in [9.17, 15) is 9.90 Å². The summed E-state index contributed by atoms with van der Waals surface area (Å²) in [5.74, 6) is 1.13. The predicted molar refractivity (Wildman–Crippen MR) is 116 cm³/mol. The highest BCUT2D eigenvalue weighted by Crippen LogP contribution is 2.42. The molecule has 1 aliphatic rings. The first-order chi connectivity index (χ1) is 14.4. The number of halogens is 2. The van der Waals surface area contributed by atoms with Crippen LogP contribution in [0, 0.1) is 0 Å². The van der Waals surface area contributed by atoms with Crippen molar-refractivity contribution in [2.45, 2.75) is 18.3 Å². The van der Waals surface area contributed by atoms with Gasteiger partial charge in [-0.25, -0.2) is 0 Å². The number of methoxy groups -OCH3 is 3. The number of ether oxygens (including phenoxy) is 3. The van der Waals surface area contributed by atoms with Crippen LogP contribution >= 0.6 is 23.2 Å². The number of carbonyl (C=O) groups excluding carboxylic acids is 1. The summed E-state index contributed by atoms with van der Waals surface area (Å²) in [6.07, 6.45) is 1.23. The van der Waals surface area contributed by atoms with Crippen LogP contribution in [0.25, 0.3) is 0 Å². The molecule has 1 aliphatic heterocycles. The highest BCUT2D eigenvalue weighted by molar-refractivity contribution is 6.42. The minimum Gasteiger partial charge on any atom is -0.493 e. The van der Waals surface area contributed by atoms with Gasteiger partial charge in [0.25, 0.3) is 5.91 Å². The van der Waals surface area contributed by atoms with Gasteiger partial charge in [0.2, 0.25) is 5.75 Å². The molecule has 6 nitrogen and oxygen atoms in total. The van der Waals surface area contributed by atoms with E-state index >= 15 is 0 Å². The first-order valence-corrected chi connectivity index (χ1v) is 10.3. The standard InChI is InChI=1S/C22H25Cl2NO5/c1-28-18-10-14(11-19(29-2)20(18)30-3)21(27)25-8-6-22(13-25,7-9-26)15-4-5-16(23)17(24)12-15/h4-5,10-12,26H,6-9,13H2,1-3H3/t22-/m1/s1. The third kappa shape index (κ3) is 4.17. The molecule has 1 N–H and O–H groups in total. The van der Waals surface area contributed by atoms with Crippen LogP contribution in [0.1, 0.15) is 28.8 Å². The topological polar surface area (TPSA) is 68.2 Å². The van der Waals surface area contributed by atoms with E-state index in [0.29, 0.717) is 58.8 Å². The second-order valence-corrected chi connectivity index (χ2v) is 8.09. The number of rotatable bonds is 7. The molecule has 1 fully saturated rings. The zero-order valence-electron chi connectivity index (χ0n) is 17.2. The summed E-state index contributed by atoms with van der Waals surface area (Å²) < 4.78 is 16.1. The van der Waals surface area contributed by atoms with Crippen molar-refractivity contribution in [2.24, 2.45) is 0 Å². The van der Waals surface area contributed by atoms with Gasteiger partial charge in [-0.2, -0.15) is 0 Å². The Labute approximate surface area is 186 Å². The van der Waals surface area contributed by atoms with E-state index < -0.39 is 0 Å². The minimum atomic E-state index is -0.390. The lowest BCUT2D eigenvalue weighted by atomic mass is 9.77. The molecule has 1 amide bonds. The highest BCUT2D eigenvalue weighted by Gasteiger charge is 2.41. The quantitative estimate of drug-likeness (QED) is 0.680. The molecule has 0 aliphatic carbocycles. The monoisotopic (exact) mass is 453 g/mol. The number of nitrogens with zero attached hydrogens (tertiary/aromatic N) is 1. The van der Waals surface area contributed by atoms with Gasteiger partial charge in [0.05, 0.1) is 31.4 Å². The van der Waals surface area contributed by atoms with Crippen LogP contribution in [-0.2, 0) is 5.41 Å². The normalized spacial score (nSPS) is 18.4. The average molecular weight is 454 g/mol. The number of carbonyl (C=O) groups is 1. The summed E-state index contributed by atoms with van der Waals surface area (Å²) in [4.78, 5) is 15.1. The molecule has 0 saturated carbocycles. The molecule has 0 unspecified atom stereocenters. The summed E-state index contributed by atoms with van der Waals surface area (Å²) in [5.41, 5.74) is 1.02. The molecular formula is C22H25Cl2NO5. The Morgan fingerprint density at radius 3 is 2.27 bits per heavy atom. The summed E-state index contributed by atoms with van der Waals surface area (Å²) in [6.45, 7) is 1.02. The van der Waals surface area contributed by atoms with Gasteiger partial charge in [-0.05, 0) is 42.7 Å². The van der Waals surface area contributed by atoms with E-state index in [-0.39, 0.29) is 17.9 Å². The summed E-state index contributed by atoms with van der Waals surface area (Å²) in [6, 6.07) is 8.79. The molecule has 1 saturated heterocycles. The molecule has 2 aromatic rings. The molecule has 1 atom stereocenters. The van der Waals surface area contributed by atoms with Crippen LogP contribution in [0.5, 0.6) is 17.2 Å². The second-order valence-electron chi connectivity index (χ2n) is 7.27. The Kier molecular flexibility index (Phi) is 7.01.